The van der Waals surface area contributed by atoms with Crippen LogP contribution >= 0.6 is 24.0 Å². The summed E-state index contributed by atoms with van der Waals surface area (Å²) in [5.74, 6) is 2.05. The Morgan fingerprint density at radius 2 is 1.88 bits per heavy atom. The van der Waals surface area contributed by atoms with Gasteiger partial charge < -0.3 is 20.5 Å². The number of nitrogens with one attached hydrogen (secondary N) is 1. The minimum Gasteiger partial charge on any atom is -0.497 e. The van der Waals surface area contributed by atoms with E-state index in [1.807, 2.05) is 48.5 Å². The topological polar surface area (TPSA) is 68.9 Å². The van der Waals surface area contributed by atoms with Gasteiger partial charge in [-0.25, -0.2) is 4.99 Å². The summed E-state index contributed by atoms with van der Waals surface area (Å²) in [5, 5.41) is 3.06. The number of benzene rings is 2. The number of halogens is 1. The number of nitrogens with two attached hydrogens (primary N) is 1. The maximum atomic E-state index is 5.94. The molecule has 6 heteroatoms. The van der Waals surface area contributed by atoms with Gasteiger partial charge in [-0.3, -0.25) is 0 Å². The molecule has 0 spiro atoms. The number of hydrogen-bond donors (Lipinski definition) is 2. The molecule has 2 rings (SSSR count). The van der Waals surface area contributed by atoms with Crippen molar-refractivity contribution in [1.82, 2.24) is 0 Å². The number of ether oxygens (including phenoxy) is 2. The van der Waals surface area contributed by atoms with Gasteiger partial charge in [-0.05, 0) is 48.4 Å². The van der Waals surface area contributed by atoms with E-state index >= 15 is 0 Å². The van der Waals surface area contributed by atoms with E-state index in [0.29, 0.717) is 12.5 Å². The number of rotatable bonds is 8. The average molecular weight is 455 g/mol. The van der Waals surface area contributed by atoms with Crippen LogP contribution in [-0.2, 0) is 6.54 Å². The molecule has 0 unspecified atom stereocenters. The predicted molar refractivity (Wildman–Crippen MR) is 114 cm³/mol. The standard InChI is InChI=1S/C19H25N3O2.HI/c1-3-4-12-24-18-7-5-6-15(13-18)14-21-19(20)22-16-8-10-17(23-2)11-9-16;/h5-11,13H,3-4,12,14H2,1-2H3,(H3,20,21,22);1H. The first kappa shape index (κ1) is 21.1. The Labute approximate surface area is 166 Å². The number of nitrogens with zero attached hydrogens (tertiary/aromatic N) is 1. The molecule has 0 radical (unpaired) electrons. The van der Waals surface area contributed by atoms with Crippen LogP contribution in [0.1, 0.15) is 25.3 Å². The lowest BCUT2D eigenvalue weighted by molar-refractivity contribution is 0.309. The van der Waals surface area contributed by atoms with Crippen molar-refractivity contribution in [2.24, 2.45) is 10.7 Å². The first-order valence-electron chi connectivity index (χ1n) is 8.14. The summed E-state index contributed by atoms with van der Waals surface area (Å²) in [4.78, 5) is 4.37. The molecule has 5 nitrogen and oxygen atoms in total. The zero-order valence-corrected chi connectivity index (χ0v) is 17.0. The number of guanidine groups is 1. The molecule has 0 aromatic heterocycles. The minimum absolute atomic E-state index is 0. The van der Waals surface area contributed by atoms with Crippen molar-refractivity contribution in [3.8, 4) is 11.5 Å². The number of unbranched alkanes of at least 4 members (excludes halogenated alkanes) is 1. The van der Waals surface area contributed by atoms with Crippen LogP contribution in [0.2, 0.25) is 0 Å². The van der Waals surface area contributed by atoms with E-state index in [1.165, 1.54) is 0 Å². The molecule has 2 aromatic carbocycles. The van der Waals surface area contributed by atoms with E-state index < -0.39 is 0 Å². The molecule has 0 saturated heterocycles. The Morgan fingerprint density at radius 1 is 1.12 bits per heavy atom. The number of hydrogen-bond acceptors (Lipinski definition) is 3. The van der Waals surface area contributed by atoms with Crippen LogP contribution < -0.4 is 20.5 Å². The molecular formula is C19H26IN3O2. The third-order valence-corrected chi connectivity index (χ3v) is 3.46. The lowest BCUT2D eigenvalue weighted by Crippen LogP contribution is -2.22. The summed E-state index contributed by atoms with van der Waals surface area (Å²) in [6.07, 6.45) is 2.18. The SMILES string of the molecule is CCCCOc1cccc(CN=C(N)Nc2ccc(OC)cc2)c1.I. The smallest absolute Gasteiger partial charge is 0.193 e. The largest absolute Gasteiger partial charge is 0.497 e. The third kappa shape index (κ3) is 7.64. The van der Waals surface area contributed by atoms with E-state index in [2.05, 4.69) is 17.2 Å². The molecule has 0 heterocycles. The molecule has 2 aromatic rings. The van der Waals surface area contributed by atoms with Crippen LogP contribution in [0.4, 0.5) is 5.69 Å². The van der Waals surface area contributed by atoms with Crippen molar-refractivity contribution < 1.29 is 9.47 Å². The van der Waals surface area contributed by atoms with E-state index in [4.69, 9.17) is 15.2 Å². The lowest BCUT2D eigenvalue weighted by atomic mass is 10.2. The summed E-state index contributed by atoms with van der Waals surface area (Å²) in [6.45, 7) is 3.39. The third-order valence-electron chi connectivity index (χ3n) is 3.46. The highest BCUT2D eigenvalue weighted by Crippen LogP contribution is 2.16. The van der Waals surface area contributed by atoms with Gasteiger partial charge in [-0.1, -0.05) is 25.5 Å². The van der Waals surface area contributed by atoms with E-state index in [0.717, 1.165) is 42.2 Å². The van der Waals surface area contributed by atoms with Gasteiger partial charge in [0.1, 0.15) is 11.5 Å². The molecule has 0 aliphatic rings. The fourth-order valence-electron chi connectivity index (χ4n) is 2.11. The van der Waals surface area contributed by atoms with Gasteiger partial charge in [0.2, 0.25) is 0 Å². The summed E-state index contributed by atoms with van der Waals surface area (Å²) in [7, 11) is 1.64. The predicted octanol–water partition coefficient (Wildman–Crippen LogP) is 4.42. The molecule has 0 saturated carbocycles. The molecule has 0 fully saturated rings. The molecule has 0 bridgehead atoms. The zero-order chi connectivity index (χ0) is 17.2. The molecule has 136 valence electrons. The van der Waals surface area contributed by atoms with Crippen LogP contribution in [-0.4, -0.2) is 19.7 Å². The minimum atomic E-state index is 0. The van der Waals surface area contributed by atoms with Gasteiger partial charge >= 0.3 is 0 Å². The summed E-state index contributed by atoms with van der Waals surface area (Å²) in [6, 6.07) is 15.5. The molecule has 25 heavy (non-hydrogen) atoms. The molecule has 0 atom stereocenters. The second kappa shape index (κ2) is 11.6. The van der Waals surface area contributed by atoms with Gasteiger partial charge in [-0.15, -0.1) is 24.0 Å². The highest BCUT2D eigenvalue weighted by atomic mass is 127. The van der Waals surface area contributed by atoms with Crippen molar-refractivity contribution in [3.05, 3.63) is 54.1 Å². The zero-order valence-electron chi connectivity index (χ0n) is 14.7. The maximum absolute atomic E-state index is 5.94. The van der Waals surface area contributed by atoms with E-state index in [1.54, 1.807) is 7.11 Å². The van der Waals surface area contributed by atoms with Crippen molar-refractivity contribution >= 4 is 35.6 Å². The molecule has 3 N–H and O–H groups in total. The Balaban J connectivity index is 0.00000312. The van der Waals surface area contributed by atoms with Crippen molar-refractivity contribution in [2.75, 3.05) is 19.0 Å². The number of aliphatic imine (C=N–C) groups is 1. The molecular weight excluding hydrogens is 429 g/mol. The van der Waals surface area contributed by atoms with E-state index in [-0.39, 0.29) is 24.0 Å². The lowest BCUT2D eigenvalue weighted by Gasteiger charge is -2.08. The second-order valence-corrected chi connectivity index (χ2v) is 5.40. The van der Waals surface area contributed by atoms with Crippen molar-refractivity contribution in [1.29, 1.82) is 0 Å². The summed E-state index contributed by atoms with van der Waals surface area (Å²) < 4.78 is 10.8. The van der Waals surface area contributed by atoms with Gasteiger partial charge in [0.15, 0.2) is 5.96 Å². The van der Waals surface area contributed by atoms with Gasteiger partial charge in [0.25, 0.3) is 0 Å². The van der Waals surface area contributed by atoms with Crippen LogP contribution in [0.25, 0.3) is 0 Å². The monoisotopic (exact) mass is 455 g/mol. The highest BCUT2D eigenvalue weighted by molar-refractivity contribution is 14.0. The molecule has 0 amide bonds. The first-order chi connectivity index (χ1) is 11.7. The Hall–Kier alpha value is -1.96. The fourth-order valence-corrected chi connectivity index (χ4v) is 2.11. The Kier molecular flexibility index (Phi) is 9.76. The first-order valence-corrected chi connectivity index (χ1v) is 8.14. The van der Waals surface area contributed by atoms with Crippen LogP contribution in [0, 0.1) is 0 Å². The number of methoxy groups -OCH3 is 1. The van der Waals surface area contributed by atoms with Gasteiger partial charge in [-0.2, -0.15) is 0 Å². The fraction of sp³-hybridized carbons (Fsp3) is 0.316. The van der Waals surface area contributed by atoms with Gasteiger partial charge in [0, 0.05) is 5.69 Å². The quantitative estimate of drug-likeness (QED) is 0.268. The van der Waals surface area contributed by atoms with Crippen molar-refractivity contribution in [3.63, 3.8) is 0 Å². The van der Waals surface area contributed by atoms with Crippen molar-refractivity contribution in [2.45, 2.75) is 26.3 Å². The number of anilines is 1. The Morgan fingerprint density at radius 3 is 2.56 bits per heavy atom. The Bertz CT molecular complexity index is 660. The molecule has 0 aliphatic heterocycles. The van der Waals surface area contributed by atoms with Crippen LogP contribution in [0.15, 0.2) is 53.5 Å². The molecule has 0 aliphatic carbocycles. The summed E-state index contributed by atoms with van der Waals surface area (Å²) >= 11 is 0. The normalized spacial score (nSPS) is 10.7. The highest BCUT2D eigenvalue weighted by Gasteiger charge is 1.99. The van der Waals surface area contributed by atoms with Crippen LogP contribution in [0.5, 0.6) is 11.5 Å². The van der Waals surface area contributed by atoms with Crippen LogP contribution in [0.3, 0.4) is 0 Å². The van der Waals surface area contributed by atoms with Gasteiger partial charge in [0.05, 0.1) is 20.3 Å². The average Bonchev–Trinajstić information content (AvgIpc) is 2.61. The van der Waals surface area contributed by atoms with E-state index in [9.17, 15) is 0 Å². The summed E-state index contributed by atoms with van der Waals surface area (Å²) in [5.41, 5.74) is 7.86. The second-order valence-electron chi connectivity index (χ2n) is 5.40. The maximum Gasteiger partial charge on any atom is 0.193 e.